The molecule has 6 atom stereocenters. The Kier molecular flexibility index (Phi) is 17.4. The normalized spacial score (nSPS) is 14.7. The Hall–Kier alpha value is -4.69. The van der Waals surface area contributed by atoms with Crippen LogP contribution in [0.5, 0.6) is 0 Å². The Labute approximate surface area is 302 Å². The smallest absolute Gasteiger partial charge is 0.506 e. The van der Waals surface area contributed by atoms with Crippen LogP contribution in [0.3, 0.4) is 0 Å². The van der Waals surface area contributed by atoms with Crippen LogP contribution < -0.4 is 15.3 Å². The van der Waals surface area contributed by atoms with E-state index < -0.39 is 66.8 Å². The molecule has 3 N–H and O–H groups in total. The summed E-state index contributed by atoms with van der Waals surface area (Å²) in [5.41, 5.74) is 8.17. The van der Waals surface area contributed by atoms with E-state index in [0.717, 1.165) is 16.9 Å². The Balaban J connectivity index is 2.45. The summed E-state index contributed by atoms with van der Waals surface area (Å²) in [5.74, 6) is -4.40. The highest BCUT2D eigenvalue weighted by Gasteiger charge is 2.39. The lowest BCUT2D eigenvalue weighted by Crippen LogP contribution is -2.50. The first kappa shape index (κ1) is 42.5. The van der Waals surface area contributed by atoms with Gasteiger partial charge in [-0.05, 0) is 42.1 Å². The zero-order chi connectivity index (χ0) is 38.2. The molecule has 0 spiro atoms. The first-order chi connectivity index (χ1) is 24.1. The Bertz CT molecular complexity index is 1510. The van der Waals surface area contributed by atoms with E-state index in [1.807, 2.05) is 65.0 Å². The number of nitrogens with one attached hydrogen (secondary N) is 2. The molecule has 2 aromatic rings. The van der Waals surface area contributed by atoms with E-state index in [2.05, 4.69) is 20.3 Å². The van der Waals surface area contributed by atoms with E-state index in [9.17, 15) is 34.2 Å². The standard InChI is InChI=1S/C35H50N6O9S/c1-8-22(6)30(39-40-36)33(44)41(19-49-29(42)14-20(2)3)27(21(4)5)17-28(50-35(47)48)32-38-26(18-51-32)31(43)37-25(15-23(7)34(45)46)16-24-12-10-9-11-13-24/h9-13,18,20-23,25,27-28,30,36H,8,14-17,19H2,1-7H3,(H2-,37,43,45,46,47,48)/t22-,23-,25+,27+,28+,30-/m0/s1. The number of nitrogens with zero attached hydrogens (tertiary/aromatic N) is 4. The first-order valence-electron chi connectivity index (χ1n) is 17.0. The van der Waals surface area contributed by atoms with Gasteiger partial charge in [-0.1, -0.05) is 85.2 Å². The van der Waals surface area contributed by atoms with Gasteiger partial charge in [-0.25, -0.2) is 9.78 Å². The van der Waals surface area contributed by atoms with Crippen LogP contribution in [0.15, 0.2) is 40.8 Å². The lowest BCUT2D eigenvalue weighted by atomic mass is 9.93. The quantitative estimate of drug-likeness (QED) is 0.0691. The highest BCUT2D eigenvalue weighted by Crippen LogP contribution is 2.32. The Morgan fingerprint density at radius 2 is 1.75 bits per heavy atom. The van der Waals surface area contributed by atoms with Crippen molar-refractivity contribution in [2.24, 2.45) is 28.8 Å². The van der Waals surface area contributed by atoms with Crippen LogP contribution in [-0.2, 0) is 30.3 Å². The molecule has 0 unspecified atom stereocenters. The second-order valence-corrected chi connectivity index (χ2v) is 14.3. The van der Waals surface area contributed by atoms with Crippen molar-refractivity contribution in [1.82, 2.24) is 20.1 Å². The molecule has 0 radical (unpaired) electrons. The third-order valence-corrected chi connectivity index (χ3v) is 9.38. The van der Waals surface area contributed by atoms with Crippen LogP contribution in [0.1, 0.15) is 101 Å². The molecule has 2 amide bonds. The molecule has 0 saturated heterocycles. The van der Waals surface area contributed by atoms with Crippen LogP contribution in [-0.4, -0.2) is 69.8 Å². The molecule has 280 valence electrons. The van der Waals surface area contributed by atoms with Crippen molar-refractivity contribution in [3.05, 3.63) is 52.0 Å². The Morgan fingerprint density at radius 3 is 2.29 bits per heavy atom. The van der Waals surface area contributed by atoms with E-state index in [1.165, 1.54) is 17.2 Å². The highest BCUT2D eigenvalue weighted by molar-refractivity contribution is 7.09. The van der Waals surface area contributed by atoms with Gasteiger partial charge in [0, 0.05) is 36.3 Å². The summed E-state index contributed by atoms with van der Waals surface area (Å²) >= 11 is 0.988. The topological polar surface area (TPSA) is 226 Å². The largest absolute Gasteiger partial charge is 0.550 e. The molecule has 1 aromatic carbocycles. The molecule has 0 aliphatic heterocycles. The molecule has 1 aromatic heterocycles. The fourth-order valence-electron chi connectivity index (χ4n) is 5.43. The lowest BCUT2D eigenvalue weighted by molar-refractivity contribution is -0.311. The number of aliphatic carboxylic acids is 1. The average Bonchev–Trinajstić information content (AvgIpc) is 3.56. The number of benzene rings is 1. The number of rotatable bonds is 21. The summed E-state index contributed by atoms with van der Waals surface area (Å²) in [6.07, 6.45) is -1.85. The van der Waals surface area contributed by atoms with Crippen molar-refractivity contribution in [3.63, 3.8) is 0 Å². The number of carboxylic acid groups (broad SMARTS) is 2. The molecule has 0 fully saturated rings. The minimum absolute atomic E-state index is 0.00312. The lowest BCUT2D eigenvalue weighted by Gasteiger charge is -2.36. The van der Waals surface area contributed by atoms with Crippen LogP contribution in [0.4, 0.5) is 4.79 Å². The monoisotopic (exact) mass is 730 g/mol. The van der Waals surface area contributed by atoms with E-state index >= 15 is 0 Å². The maximum Gasteiger partial charge on any atom is 0.506 e. The third-order valence-electron chi connectivity index (χ3n) is 8.44. The SMILES string of the molecule is CC[C@H](C)[C@H](N=[N+]=N)C(=O)N(COC(=O)CC(C)C)[C@H](C[C@@H](OC(=O)O)c1nc(C(=O)N[C@@H](Cc2ccccc2)C[C@H](C)C(=O)[O-])cs1)C(C)C. The van der Waals surface area contributed by atoms with Crippen molar-refractivity contribution in [1.29, 1.82) is 5.53 Å². The highest BCUT2D eigenvalue weighted by atomic mass is 32.1. The number of carbonyl (C=O) groups excluding carboxylic acids is 4. The number of amides is 2. The number of carboxylic acids is 1. The molecule has 0 saturated carbocycles. The van der Waals surface area contributed by atoms with Crippen LogP contribution in [0.25, 0.3) is 0 Å². The third kappa shape index (κ3) is 13.9. The van der Waals surface area contributed by atoms with Crippen molar-refractivity contribution in [2.45, 2.75) is 105 Å². The minimum Gasteiger partial charge on any atom is -0.550 e. The second kappa shape index (κ2) is 20.9. The van der Waals surface area contributed by atoms with E-state index in [-0.39, 0.29) is 47.7 Å². The van der Waals surface area contributed by atoms with Gasteiger partial charge < -0.3 is 34.7 Å². The van der Waals surface area contributed by atoms with Gasteiger partial charge >= 0.3 is 12.1 Å². The van der Waals surface area contributed by atoms with Gasteiger partial charge in [-0.3, -0.25) is 14.4 Å². The number of hydrogen-bond acceptors (Lipinski definition) is 12. The van der Waals surface area contributed by atoms with Crippen molar-refractivity contribution >= 4 is 41.2 Å². The van der Waals surface area contributed by atoms with Gasteiger partial charge in [0.2, 0.25) is 11.0 Å². The number of carbonyl (C=O) groups is 5. The van der Waals surface area contributed by atoms with Gasteiger partial charge in [0.1, 0.15) is 21.3 Å². The number of ether oxygens (including phenoxy) is 2. The molecular weight excluding hydrogens is 680 g/mol. The van der Waals surface area contributed by atoms with Crippen molar-refractivity contribution < 1.29 is 43.7 Å². The van der Waals surface area contributed by atoms with E-state index in [0.29, 0.717) is 12.8 Å². The number of hydrogen-bond donors (Lipinski definition) is 3. The number of aromatic nitrogens is 1. The maximum atomic E-state index is 14.0. The number of esters is 1. The zero-order valence-electron chi connectivity index (χ0n) is 30.2. The molecule has 2 rings (SSSR count). The molecule has 0 aliphatic rings. The molecule has 15 nitrogen and oxygen atoms in total. The first-order valence-corrected chi connectivity index (χ1v) is 17.9. The van der Waals surface area contributed by atoms with E-state index in [4.69, 9.17) is 15.0 Å². The molecule has 1 heterocycles. The second-order valence-electron chi connectivity index (χ2n) is 13.4. The van der Waals surface area contributed by atoms with Crippen molar-refractivity contribution in [3.8, 4) is 0 Å². The van der Waals surface area contributed by atoms with E-state index in [1.54, 1.807) is 6.92 Å². The van der Waals surface area contributed by atoms with Gasteiger partial charge in [-0.15, -0.1) is 11.3 Å². The van der Waals surface area contributed by atoms with Gasteiger partial charge in [-0.2, -0.15) is 0 Å². The molecule has 0 aliphatic carbocycles. The van der Waals surface area contributed by atoms with Crippen molar-refractivity contribution in [2.75, 3.05) is 6.73 Å². The molecular formula is C35H50N6O9S. The van der Waals surface area contributed by atoms with Gasteiger partial charge in [0.05, 0.1) is 0 Å². The van der Waals surface area contributed by atoms with Crippen LogP contribution >= 0.6 is 11.3 Å². The predicted octanol–water partition coefficient (Wildman–Crippen LogP) is 4.75. The van der Waals surface area contributed by atoms with Crippen LogP contribution in [0, 0.1) is 29.2 Å². The van der Waals surface area contributed by atoms with Gasteiger partial charge in [0.15, 0.2) is 12.8 Å². The summed E-state index contributed by atoms with van der Waals surface area (Å²) < 4.78 is 10.8. The minimum atomic E-state index is -1.61. The average molecular weight is 731 g/mol. The predicted molar refractivity (Wildman–Crippen MR) is 185 cm³/mol. The summed E-state index contributed by atoms with van der Waals surface area (Å²) in [7, 11) is 0. The Morgan fingerprint density at radius 1 is 1.08 bits per heavy atom. The number of thiazole rings is 1. The summed E-state index contributed by atoms with van der Waals surface area (Å²) in [5, 5.41) is 29.5. The van der Waals surface area contributed by atoms with Gasteiger partial charge in [0.25, 0.3) is 11.8 Å². The maximum absolute atomic E-state index is 14.0. The molecule has 0 bridgehead atoms. The molecule has 16 heteroatoms. The zero-order valence-corrected chi connectivity index (χ0v) is 31.1. The summed E-state index contributed by atoms with van der Waals surface area (Å²) in [4.78, 5) is 72.3. The fraction of sp³-hybridized carbons (Fsp3) is 0.600. The summed E-state index contributed by atoms with van der Waals surface area (Å²) in [6, 6.07) is 6.84. The fourth-order valence-corrected chi connectivity index (χ4v) is 6.27. The summed E-state index contributed by atoms with van der Waals surface area (Å²) in [6.45, 7) is 12.0. The van der Waals surface area contributed by atoms with Crippen LogP contribution in [0.2, 0.25) is 0 Å². The molecule has 51 heavy (non-hydrogen) atoms.